The average molecular weight is 306 g/mol. The van der Waals surface area contributed by atoms with E-state index in [1.807, 2.05) is 62.4 Å². The second-order valence-electron chi connectivity index (χ2n) is 5.08. The number of hydrogen-bond acceptors (Lipinski definition) is 3. The van der Waals surface area contributed by atoms with Crippen LogP contribution in [-0.2, 0) is 5.54 Å². The van der Waals surface area contributed by atoms with Gasteiger partial charge in [0, 0.05) is 10.7 Å². The Hall–Kier alpha value is -1.71. The first-order valence-electron chi connectivity index (χ1n) is 6.95. The van der Waals surface area contributed by atoms with Crippen LogP contribution < -0.4 is 10.1 Å². The molecule has 0 radical (unpaired) electrons. The normalized spacial score (nSPS) is 13.5. The summed E-state index contributed by atoms with van der Waals surface area (Å²) in [5.74, 6) is 0.823. The molecule has 0 saturated heterocycles. The van der Waals surface area contributed by atoms with E-state index in [9.17, 15) is 5.11 Å². The molecule has 0 heterocycles. The van der Waals surface area contributed by atoms with Crippen molar-refractivity contribution in [2.75, 3.05) is 18.5 Å². The van der Waals surface area contributed by atoms with E-state index < -0.39 is 5.54 Å². The van der Waals surface area contributed by atoms with Crippen LogP contribution in [0.1, 0.15) is 19.4 Å². The van der Waals surface area contributed by atoms with Gasteiger partial charge in [-0.25, -0.2) is 0 Å². The zero-order chi connectivity index (χ0) is 15.3. The van der Waals surface area contributed by atoms with Crippen molar-refractivity contribution in [3.05, 3.63) is 59.1 Å². The van der Waals surface area contributed by atoms with Gasteiger partial charge in [-0.1, -0.05) is 29.8 Å². The molecule has 21 heavy (non-hydrogen) atoms. The highest BCUT2D eigenvalue weighted by Crippen LogP contribution is 2.28. The van der Waals surface area contributed by atoms with Crippen LogP contribution in [0.4, 0.5) is 5.69 Å². The summed E-state index contributed by atoms with van der Waals surface area (Å²) in [6.45, 7) is 4.50. The number of hydrogen-bond donors (Lipinski definition) is 2. The Morgan fingerprint density at radius 2 is 1.90 bits per heavy atom. The number of anilines is 1. The van der Waals surface area contributed by atoms with Crippen molar-refractivity contribution in [1.82, 2.24) is 0 Å². The van der Waals surface area contributed by atoms with Gasteiger partial charge in [-0.2, -0.15) is 0 Å². The summed E-state index contributed by atoms with van der Waals surface area (Å²) < 4.78 is 5.44. The number of nitrogens with one attached hydrogen (secondary N) is 1. The van der Waals surface area contributed by atoms with Gasteiger partial charge in [0.15, 0.2) is 0 Å². The first kappa shape index (κ1) is 15.7. The van der Waals surface area contributed by atoms with Gasteiger partial charge in [-0.15, -0.1) is 0 Å². The molecular weight excluding hydrogens is 286 g/mol. The van der Waals surface area contributed by atoms with Gasteiger partial charge in [0.1, 0.15) is 5.75 Å². The van der Waals surface area contributed by atoms with Crippen molar-refractivity contribution in [3.63, 3.8) is 0 Å². The lowest BCUT2D eigenvalue weighted by atomic mass is 9.92. The first-order chi connectivity index (χ1) is 10.1. The van der Waals surface area contributed by atoms with Crippen molar-refractivity contribution < 1.29 is 9.84 Å². The lowest BCUT2D eigenvalue weighted by molar-refractivity contribution is 0.224. The second-order valence-corrected chi connectivity index (χ2v) is 5.52. The standard InChI is InChI=1S/C17H20ClNO2/c1-3-21-16-9-7-13(8-10-16)17(2,12-20)19-15-6-4-5-14(18)11-15/h4-11,19-20H,3,12H2,1-2H3. The number of ether oxygens (including phenoxy) is 1. The maximum atomic E-state index is 9.82. The van der Waals surface area contributed by atoms with Gasteiger partial charge in [-0.05, 0) is 49.7 Å². The SMILES string of the molecule is CCOc1ccc(C(C)(CO)Nc2cccc(Cl)c2)cc1. The Balaban J connectivity index is 2.23. The number of halogens is 1. The molecule has 0 aliphatic carbocycles. The fourth-order valence-corrected chi connectivity index (χ4v) is 2.36. The highest BCUT2D eigenvalue weighted by atomic mass is 35.5. The van der Waals surface area contributed by atoms with Crippen molar-refractivity contribution in [3.8, 4) is 5.75 Å². The molecule has 0 amide bonds. The minimum absolute atomic E-state index is 0.0342. The summed E-state index contributed by atoms with van der Waals surface area (Å²) in [6.07, 6.45) is 0. The van der Waals surface area contributed by atoms with Crippen molar-refractivity contribution in [2.45, 2.75) is 19.4 Å². The van der Waals surface area contributed by atoms with Gasteiger partial charge >= 0.3 is 0 Å². The van der Waals surface area contributed by atoms with Gasteiger partial charge in [-0.3, -0.25) is 0 Å². The zero-order valence-corrected chi connectivity index (χ0v) is 13.0. The van der Waals surface area contributed by atoms with Crippen molar-refractivity contribution in [2.24, 2.45) is 0 Å². The molecule has 112 valence electrons. The Labute approximate surface area is 130 Å². The minimum atomic E-state index is -0.588. The fraction of sp³-hybridized carbons (Fsp3) is 0.294. The molecular formula is C17H20ClNO2. The molecule has 2 aromatic carbocycles. The maximum Gasteiger partial charge on any atom is 0.119 e. The van der Waals surface area contributed by atoms with E-state index in [-0.39, 0.29) is 6.61 Å². The maximum absolute atomic E-state index is 9.82. The Morgan fingerprint density at radius 3 is 2.48 bits per heavy atom. The number of aliphatic hydroxyl groups is 1. The van der Waals surface area contributed by atoms with E-state index >= 15 is 0 Å². The molecule has 0 bridgehead atoms. The van der Waals surface area contributed by atoms with Crippen LogP contribution in [0.25, 0.3) is 0 Å². The summed E-state index contributed by atoms with van der Waals surface area (Å²) in [6, 6.07) is 15.2. The van der Waals surface area contributed by atoms with Gasteiger partial charge in [0.2, 0.25) is 0 Å². The lowest BCUT2D eigenvalue weighted by Crippen LogP contribution is -2.35. The summed E-state index contributed by atoms with van der Waals surface area (Å²) in [4.78, 5) is 0. The molecule has 2 rings (SSSR count). The molecule has 3 nitrogen and oxygen atoms in total. The van der Waals surface area contributed by atoms with Crippen molar-refractivity contribution >= 4 is 17.3 Å². The van der Waals surface area contributed by atoms with Gasteiger partial charge in [0.05, 0.1) is 18.8 Å². The molecule has 0 aromatic heterocycles. The van der Waals surface area contributed by atoms with Crippen LogP contribution in [0.2, 0.25) is 5.02 Å². The van der Waals surface area contributed by atoms with Gasteiger partial charge < -0.3 is 15.2 Å². The highest BCUT2D eigenvalue weighted by Gasteiger charge is 2.25. The van der Waals surface area contributed by atoms with Crippen LogP contribution in [0.15, 0.2) is 48.5 Å². The smallest absolute Gasteiger partial charge is 0.119 e. The van der Waals surface area contributed by atoms with E-state index in [0.29, 0.717) is 11.6 Å². The third-order valence-corrected chi connectivity index (χ3v) is 3.60. The summed E-state index contributed by atoms with van der Waals surface area (Å²) in [5.41, 5.74) is 1.26. The van der Waals surface area contributed by atoms with Gasteiger partial charge in [0.25, 0.3) is 0 Å². The summed E-state index contributed by atoms with van der Waals surface area (Å²) in [7, 11) is 0. The Kier molecular flexibility index (Phi) is 5.10. The molecule has 0 aliphatic heterocycles. The Bertz CT molecular complexity index is 586. The molecule has 0 fully saturated rings. The number of benzene rings is 2. The van der Waals surface area contributed by atoms with Crippen LogP contribution in [0, 0.1) is 0 Å². The second kappa shape index (κ2) is 6.83. The van der Waals surface area contributed by atoms with Crippen molar-refractivity contribution in [1.29, 1.82) is 0 Å². The van der Waals surface area contributed by atoms with Crippen LogP contribution in [0.3, 0.4) is 0 Å². The lowest BCUT2D eigenvalue weighted by Gasteiger charge is -2.30. The number of rotatable bonds is 6. The monoisotopic (exact) mass is 305 g/mol. The zero-order valence-electron chi connectivity index (χ0n) is 12.3. The molecule has 4 heteroatoms. The quantitative estimate of drug-likeness (QED) is 0.845. The topological polar surface area (TPSA) is 41.5 Å². The van der Waals surface area contributed by atoms with E-state index in [0.717, 1.165) is 17.0 Å². The van der Waals surface area contributed by atoms with E-state index in [2.05, 4.69) is 5.32 Å². The molecule has 0 saturated carbocycles. The highest BCUT2D eigenvalue weighted by molar-refractivity contribution is 6.30. The molecule has 0 aliphatic rings. The average Bonchev–Trinajstić information content (AvgIpc) is 2.48. The third kappa shape index (κ3) is 3.90. The summed E-state index contributed by atoms with van der Waals surface area (Å²) in [5, 5.41) is 13.8. The Morgan fingerprint density at radius 1 is 1.19 bits per heavy atom. The van der Waals surface area contributed by atoms with Crippen LogP contribution in [-0.4, -0.2) is 18.3 Å². The first-order valence-corrected chi connectivity index (χ1v) is 7.33. The van der Waals surface area contributed by atoms with E-state index in [1.165, 1.54) is 0 Å². The molecule has 1 atom stereocenters. The molecule has 1 unspecified atom stereocenters. The largest absolute Gasteiger partial charge is 0.494 e. The number of aliphatic hydroxyl groups excluding tert-OH is 1. The fourth-order valence-electron chi connectivity index (χ4n) is 2.17. The van der Waals surface area contributed by atoms with E-state index in [1.54, 1.807) is 0 Å². The predicted octanol–water partition coefficient (Wildman–Crippen LogP) is 4.06. The molecule has 0 spiro atoms. The third-order valence-electron chi connectivity index (χ3n) is 3.36. The summed E-state index contributed by atoms with van der Waals surface area (Å²) >= 11 is 6.00. The molecule has 2 N–H and O–H groups in total. The van der Waals surface area contributed by atoms with Crippen LogP contribution in [0.5, 0.6) is 5.75 Å². The minimum Gasteiger partial charge on any atom is -0.494 e. The predicted molar refractivity (Wildman–Crippen MR) is 87.1 cm³/mol. The van der Waals surface area contributed by atoms with Crippen LogP contribution >= 0.6 is 11.6 Å². The molecule has 2 aromatic rings. The van der Waals surface area contributed by atoms with E-state index in [4.69, 9.17) is 16.3 Å².